The molecule has 0 fully saturated rings. The van der Waals surface area contributed by atoms with Gasteiger partial charge in [0.25, 0.3) is 0 Å². The first-order chi connectivity index (χ1) is 9.32. The number of halogens is 3. The zero-order valence-corrected chi connectivity index (χ0v) is 13.0. The van der Waals surface area contributed by atoms with Crippen molar-refractivity contribution in [2.24, 2.45) is 0 Å². The maximum Gasteiger partial charge on any atom is 0.340 e. The Morgan fingerprint density at radius 2 is 1.95 bits per heavy atom. The summed E-state index contributed by atoms with van der Waals surface area (Å²) < 4.78 is 1.32. The molecule has 0 aliphatic rings. The Kier molecular flexibility index (Phi) is 4.28. The van der Waals surface area contributed by atoms with Crippen molar-refractivity contribution in [1.82, 2.24) is 9.78 Å². The Labute approximate surface area is 130 Å². The van der Waals surface area contributed by atoms with E-state index in [1.165, 1.54) is 4.68 Å². The second kappa shape index (κ2) is 5.64. The smallest absolute Gasteiger partial charge is 0.340 e. The number of aromatic carboxylic acids is 1. The van der Waals surface area contributed by atoms with Crippen LogP contribution in [0.15, 0.2) is 18.2 Å². The van der Waals surface area contributed by atoms with Crippen LogP contribution in [-0.4, -0.2) is 20.9 Å². The van der Waals surface area contributed by atoms with Crippen LogP contribution in [0.4, 0.5) is 0 Å². The predicted molar refractivity (Wildman–Crippen MR) is 79.6 cm³/mol. The van der Waals surface area contributed by atoms with Crippen LogP contribution < -0.4 is 0 Å². The highest BCUT2D eigenvalue weighted by atomic mass is 35.5. The largest absolute Gasteiger partial charge is 0.478 e. The fourth-order valence-corrected chi connectivity index (χ4v) is 2.62. The molecule has 0 unspecified atom stereocenters. The van der Waals surface area contributed by atoms with Crippen LogP contribution in [0, 0.1) is 0 Å². The lowest BCUT2D eigenvalue weighted by molar-refractivity contribution is 0.0695. The van der Waals surface area contributed by atoms with Crippen molar-refractivity contribution in [2.45, 2.75) is 19.8 Å². The van der Waals surface area contributed by atoms with Gasteiger partial charge in [-0.15, -0.1) is 0 Å². The first kappa shape index (κ1) is 15.2. The molecule has 7 heteroatoms. The molecule has 0 amide bonds. The summed E-state index contributed by atoms with van der Waals surface area (Å²) in [5.74, 6) is -1.19. The third kappa shape index (κ3) is 2.64. The van der Waals surface area contributed by atoms with Crippen molar-refractivity contribution in [1.29, 1.82) is 0 Å². The lowest BCUT2D eigenvalue weighted by Gasteiger charge is -2.06. The molecule has 1 heterocycles. The van der Waals surface area contributed by atoms with Gasteiger partial charge in [0.15, 0.2) is 0 Å². The first-order valence-electron chi connectivity index (χ1n) is 5.80. The summed E-state index contributed by atoms with van der Waals surface area (Å²) in [6.07, 6.45) is 0. The molecule has 0 atom stereocenters. The Hall–Kier alpha value is -1.23. The Morgan fingerprint density at radius 3 is 2.40 bits per heavy atom. The third-order valence-electron chi connectivity index (χ3n) is 2.75. The molecule has 1 N–H and O–H groups in total. The summed E-state index contributed by atoms with van der Waals surface area (Å²) in [4.78, 5) is 11.3. The second-order valence-corrected chi connectivity index (χ2v) is 5.72. The highest BCUT2D eigenvalue weighted by molar-refractivity contribution is 6.36. The Bertz CT molecular complexity index is 680. The highest BCUT2D eigenvalue weighted by Crippen LogP contribution is 2.32. The molecule has 1 aromatic heterocycles. The van der Waals surface area contributed by atoms with E-state index in [1.807, 2.05) is 13.8 Å². The number of rotatable bonds is 3. The van der Waals surface area contributed by atoms with Gasteiger partial charge in [-0.1, -0.05) is 48.7 Å². The summed E-state index contributed by atoms with van der Waals surface area (Å²) in [7, 11) is 0. The number of carboxylic acids is 1. The van der Waals surface area contributed by atoms with Crippen LogP contribution in [0.25, 0.3) is 5.69 Å². The molecule has 2 aromatic rings. The van der Waals surface area contributed by atoms with E-state index in [1.54, 1.807) is 18.2 Å². The van der Waals surface area contributed by atoms with Crippen molar-refractivity contribution in [3.63, 3.8) is 0 Å². The SMILES string of the molecule is CC(C)c1nn(-c2ccc(Cl)cc2Cl)c(Cl)c1C(=O)O. The topological polar surface area (TPSA) is 55.1 Å². The molecule has 0 saturated heterocycles. The maximum absolute atomic E-state index is 11.3. The summed E-state index contributed by atoms with van der Waals surface area (Å²) in [6.45, 7) is 3.69. The van der Waals surface area contributed by atoms with E-state index in [4.69, 9.17) is 34.8 Å². The van der Waals surface area contributed by atoms with Gasteiger partial charge in [-0.25, -0.2) is 9.48 Å². The second-order valence-electron chi connectivity index (χ2n) is 4.52. The molecule has 0 aliphatic carbocycles. The van der Waals surface area contributed by atoms with Crippen molar-refractivity contribution in [2.75, 3.05) is 0 Å². The van der Waals surface area contributed by atoms with Crippen molar-refractivity contribution < 1.29 is 9.90 Å². The van der Waals surface area contributed by atoms with E-state index in [2.05, 4.69) is 5.10 Å². The summed E-state index contributed by atoms with van der Waals surface area (Å²) in [6, 6.07) is 4.82. The minimum atomic E-state index is -1.12. The monoisotopic (exact) mass is 332 g/mol. The minimum absolute atomic E-state index is 0.00677. The molecule has 0 radical (unpaired) electrons. The van der Waals surface area contributed by atoms with Gasteiger partial charge in [0.1, 0.15) is 10.7 Å². The number of carbonyl (C=O) groups is 1. The van der Waals surface area contributed by atoms with E-state index in [0.717, 1.165) is 0 Å². The van der Waals surface area contributed by atoms with E-state index < -0.39 is 5.97 Å². The number of benzene rings is 1. The van der Waals surface area contributed by atoms with Gasteiger partial charge in [-0.2, -0.15) is 5.10 Å². The van der Waals surface area contributed by atoms with E-state index in [-0.39, 0.29) is 16.6 Å². The van der Waals surface area contributed by atoms with Crippen LogP contribution in [0.2, 0.25) is 15.2 Å². The number of nitrogens with zero attached hydrogens (tertiary/aromatic N) is 2. The van der Waals surface area contributed by atoms with Crippen LogP contribution >= 0.6 is 34.8 Å². The molecular weight excluding hydrogens is 323 g/mol. The Balaban J connectivity index is 2.69. The number of aromatic nitrogens is 2. The molecule has 4 nitrogen and oxygen atoms in total. The summed E-state index contributed by atoms with van der Waals surface area (Å²) >= 11 is 18.1. The van der Waals surface area contributed by atoms with Crippen molar-refractivity contribution in [3.05, 3.63) is 44.7 Å². The molecule has 20 heavy (non-hydrogen) atoms. The van der Waals surface area contributed by atoms with Crippen molar-refractivity contribution in [3.8, 4) is 5.69 Å². The fourth-order valence-electron chi connectivity index (χ4n) is 1.83. The van der Waals surface area contributed by atoms with Crippen molar-refractivity contribution >= 4 is 40.8 Å². The van der Waals surface area contributed by atoms with Gasteiger partial charge >= 0.3 is 5.97 Å². The van der Waals surface area contributed by atoms with E-state index in [0.29, 0.717) is 21.4 Å². The van der Waals surface area contributed by atoms with Gasteiger partial charge in [0.2, 0.25) is 0 Å². The molecule has 0 saturated carbocycles. The first-order valence-corrected chi connectivity index (χ1v) is 6.93. The average Bonchev–Trinajstić information content (AvgIpc) is 2.67. The molecule has 106 valence electrons. The van der Waals surface area contributed by atoms with Gasteiger partial charge in [0.05, 0.1) is 16.4 Å². The number of carboxylic acid groups (broad SMARTS) is 1. The highest BCUT2D eigenvalue weighted by Gasteiger charge is 2.25. The fraction of sp³-hybridized carbons (Fsp3) is 0.231. The summed E-state index contributed by atoms with van der Waals surface area (Å²) in [5.41, 5.74) is 0.886. The zero-order chi connectivity index (χ0) is 15.0. The molecule has 0 aliphatic heterocycles. The summed E-state index contributed by atoms with van der Waals surface area (Å²) in [5, 5.41) is 14.4. The van der Waals surface area contributed by atoms with Crippen LogP contribution in [0.3, 0.4) is 0 Å². The van der Waals surface area contributed by atoms with Gasteiger partial charge in [-0.3, -0.25) is 0 Å². The zero-order valence-electron chi connectivity index (χ0n) is 10.7. The standard InChI is InChI=1S/C13H11Cl3N2O2/c1-6(2)11-10(13(19)20)12(16)18(17-11)9-4-3-7(14)5-8(9)15/h3-6H,1-2H3,(H,19,20). The third-order valence-corrected chi connectivity index (χ3v) is 3.64. The Morgan fingerprint density at radius 1 is 1.30 bits per heavy atom. The minimum Gasteiger partial charge on any atom is -0.478 e. The quantitative estimate of drug-likeness (QED) is 0.889. The molecular formula is C13H11Cl3N2O2. The maximum atomic E-state index is 11.3. The lowest BCUT2D eigenvalue weighted by Crippen LogP contribution is -2.01. The van der Waals surface area contributed by atoms with Crippen LogP contribution in [0.5, 0.6) is 0 Å². The normalized spacial score (nSPS) is 11.1. The molecule has 0 spiro atoms. The van der Waals surface area contributed by atoms with Gasteiger partial charge in [0, 0.05) is 5.02 Å². The number of hydrogen-bond acceptors (Lipinski definition) is 2. The average molecular weight is 334 g/mol. The number of hydrogen-bond donors (Lipinski definition) is 1. The van der Waals surface area contributed by atoms with Crippen LogP contribution in [0.1, 0.15) is 35.8 Å². The molecule has 1 aromatic carbocycles. The molecule has 0 bridgehead atoms. The van der Waals surface area contributed by atoms with Gasteiger partial charge < -0.3 is 5.11 Å². The van der Waals surface area contributed by atoms with Crippen LogP contribution in [-0.2, 0) is 0 Å². The lowest BCUT2D eigenvalue weighted by atomic mass is 10.1. The van der Waals surface area contributed by atoms with Gasteiger partial charge in [-0.05, 0) is 24.1 Å². The predicted octanol–water partition coefficient (Wildman–Crippen LogP) is 4.65. The van der Waals surface area contributed by atoms with E-state index in [9.17, 15) is 9.90 Å². The molecule has 2 rings (SSSR count). The van der Waals surface area contributed by atoms with E-state index >= 15 is 0 Å².